The minimum Gasteiger partial charge on any atom is -0.479 e. The van der Waals surface area contributed by atoms with Gasteiger partial charge in [0.2, 0.25) is 0 Å². The van der Waals surface area contributed by atoms with Crippen LogP contribution in [0.25, 0.3) is 0 Å². The minimum atomic E-state index is -0.769. The number of hydrogen-bond acceptors (Lipinski definition) is 5. The highest BCUT2D eigenvalue weighted by Crippen LogP contribution is 2.22. The minimum absolute atomic E-state index is 0.393. The molecule has 0 radical (unpaired) electrons. The van der Waals surface area contributed by atoms with E-state index in [4.69, 9.17) is 14.2 Å². The van der Waals surface area contributed by atoms with Gasteiger partial charge in [-0.3, -0.25) is 4.79 Å². The molecule has 6 heteroatoms. The average Bonchev–Trinajstić information content (AvgIpc) is 2.78. The van der Waals surface area contributed by atoms with Crippen molar-refractivity contribution in [3.63, 3.8) is 0 Å². The SMILES string of the molecule is CC[C@H](Oc1ccccc1)C(=O)OCC(=O)Nc1ccc(Oc2ccccc2)cc1. The summed E-state index contributed by atoms with van der Waals surface area (Å²) in [5.74, 6) is 0.931. The molecule has 3 aromatic carbocycles. The van der Waals surface area contributed by atoms with Gasteiger partial charge in [0.25, 0.3) is 5.91 Å². The first kappa shape index (κ1) is 20.9. The maximum Gasteiger partial charge on any atom is 0.347 e. The molecule has 0 bridgehead atoms. The van der Waals surface area contributed by atoms with Crippen LogP contribution in [0.15, 0.2) is 84.9 Å². The van der Waals surface area contributed by atoms with Gasteiger partial charge in [-0.25, -0.2) is 4.79 Å². The first-order valence-corrected chi connectivity index (χ1v) is 9.65. The summed E-state index contributed by atoms with van der Waals surface area (Å²) in [4.78, 5) is 24.3. The molecule has 1 atom stereocenters. The van der Waals surface area contributed by atoms with Crippen LogP contribution in [-0.4, -0.2) is 24.6 Å². The number of carbonyl (C=O) groups excluding carboxylic acids is 2. The molecule has 154 valence electrons. The van der Waals surface area contributed by atoms with Gasteiger partial charge in [-0.15, -0.1) is 0 Å². The van der Waals surface area contributed by atoms with Gasteiger partial charge in [0.1, 0.15) is 17.2 Å². The number of benzene rings is 3. The molecule has 0 heterocycles. The molecule has 30 heavy (non-hydrogen) atoms. The maximum atomic E-state index is 12.2. The van der Waals surface area contributed by atoms with Crippen LogP contribution in [0.1, 0.15) is 13.3 Å². The summed E-state index contributed by atoms with van der Waals surface area (Å²) in [6.45, 7) is 1.42. The summed E-state index contributed by atoms with van der Waals surface area (Å²) in [6, 6.07) is 25.3. The van der Waals surface area contributed by atoms with Crippen LogP contribution in [0.2, 0.25) is 0 Å². The normalized spacial score (nSPS) is 11.2. The van der Waals surface area contributed by atoms with E-state index in [2.05, 4.69) is 5.32 Å². The van der Waals surface area contributed by atoms with Crippen LogP contribution in [-0.2, 0) is 14.3 Å². The zero-order valence-corrected chi connectivity index (χ0v) is 16.6. The van der Waals surface area contributed by atoms with Gasteiger partial charge in [0.15, 0.2) is 12.7 Å². The van der Waals surface area contributed by atoms with Gasteiger partial charge < -0.3 is 19.5 Å². The van der Waals surface area contributed by atoms with Crippen molar-refractivity contribution in [1.82, 2.24) is 0 Å². The van der Waals surface area contributed by atoms with E-state index >= 15 is 0 Å². The lowest BCUT2D eigenvalue weighted by atomic mass is 10.2. The van der Waals surface area contributed by atoms with Gasteiger partial charge in [-0.2, -0.15) is 0 Å². The molecule has 0 unspecified atom stereocenters. The van der Waals surface area contributed by atoms with Crippen molar-refractivity contribution in [3.05, 3.63) is 84.9 Å². The van der Waals surface area contributed by atoms with Crippen molar-refractivity contribution in [2.75, 3.05) is 11.9 Å². The molecule has 1 N–H and O–H groups in total. The Morgan fingerprint density at radius 2 is 1.37 bits per heavy atom. The van der Waals surface area contributed by atoms with Crippen molar-refractivity contribution in [1.29, 1.82) is 0 Å². The topological polar surface area (TPSA) is 73.9 Å². The van der Waals surface area contributed by atoms with Crippen LogP contribution in [0.4, 0.5) is 5.69 Å². The Bertz CT molecular complexity index is 942. The Morgan fingerprint density at radius 1 is 0.800 bits per heavy atom. The third-order valence-corrected chi connectivity index (χ3v) is 4.12. The van der Waals surface area contributed by atoms with Crippen molar-refractivity contribution in [2.24, 2.45) is 0 Å². The van der Waals surface area contributed by atoms with Crippen LogP contribution >= 0.6 is 0 Å². The summed E-state index contributed by atoms with van der Waals surface area (Å²) >= 11 is 0. The highest BCUT2D eigenvalue weighted by atomic mass is 16.6. The average molecular weight is 405 g/mol. The van der Waals surface area contributed by atoms with E-state index in [1.54, 1.807) is 36.4 Å². The van der Waals surface area contributed by atoms with Crippen molar-refractivity contribution in [2.45, 2.75) is 19.4 Å². The van der Waals surface area contributed by atoms with Gasteiger partial charge in [0, 0.05) is 5.69 Å². The molecule has 0 aliphatic heterocycles. The number of para-hydroxylation sites is 2. The molecule has 0 saturated heterocycles. The first-order chi connectivity index (χ1) is 14.6. The second-order valence-corrected chi connectivity index (χ2v) is 6.42. The summed E-state index contributed by atoms with van der Waals surface area (Å²) in [5.41, 5.74) is 0.573. The number of carbonyl (C=O) groups is 2. The zero-order chi connectivity index (χ0) is 21.2. The standard InChI is InChI=1S/C24H23NO5/c1-2-22(30-20-11-7-4-8-12-20)24(27)28-17-23(26)25-18-13-15-21(16-14-18)29-19-9-5-3-6-10-19/h3-16,22H,2,17H2,1H3,(H,25,26)/t22-/m0/s1. The molecule has 0 aliphatic carbocycles. The second kappa shape index (κ2) is 10.7. The van der Waals surface area contributed by atoms with Crippen molar-refractivity contribution < 1.29 is 23.8 Å². The molecule has 3 rings (SSSR count). The molecule has 6 nitrogen and oxygen atoms in total. The lowest BCUT2D eigenvalue weighted by molar-refractivity contribution is -0.154. The van der Waals surface area contributed by atoms with Gasteiger partial charge >= 0.3 is 5.97 Å². The fraction of sp³-hybridized carbons (Fsp3) is 0.167. The van der Waals surface area contributed by atoms with E-state index < -0.39 is 24.6 Å². The zero-order valence-electron chi connectivity index (χ0n) is 16.6. The molecule has 3 aromatic rings. The van der Waals surface area contributed by atoms with Crippen LogP contribution in [0, 0.1) is 0 Å². The fourth-order valence-corrected chi connectivity index (χ4v) is 2.62. The van der Waals surface area contributed by atoms with E-state index in [1.165, 1.54) is 0 Å². The predicted octanol–water partition coefficient (Wildman–Crippen LogP) is 4.82. The fourth-order valence-electron chi connectivity index (χ4n) is 2.62. The molecule has 0 fully saturated rings. The van der Waals surface area contributed by atoms with E-state index in [0.29, 0.717) is 23.6 Å². The van der Waals surface area contributed by atoms with E-state index in [-0.39, 0.29) is 0 Å². The predicted molar refractivity (Wildman–Crippen MR) is 114 cm³/mol. The number of amides is 1. The molecule has 0 spiro atoms. The van der Waals surface area contributed by atoms with E-state index in [0.717, 1.165) is 5.75 Å². The number of anilines is 1. The molecule has 0 aromatic heterocycles. The largest absolute Gasteiger partial charge is 0.479 e. The Morgan fingerprint density at radius 3 is 1.97 bits per heavy atom. The van der Waals surface area contributed by atoms with Gasteiger partial charge in [0.05, 0.1) is 0 Å². The lowest BCUT2D eigenvalue weighted by Crippen LogP contribution is -2.31. The van der Waals surface area contributed by atoms with Crippen LogP contribution in [0.5, 0.6) is 17.2 Å². The Labute approximate surface area is 175 Å². The number of ether oxygens (including phenoxy) is 3. The summed E-state index contributed by atoms with van der Waals surface area (Å²) in [6.07, 6.45) is -0.340. The summed E-state index contributed by atoms with van der Waals surface area (Å²) < 4.78 is 16.4. The number of esters is 1. The van der Waals surface area contributed by atoms with Crippen molar-refractivity contribution in [3.8, 4) is 17.2 Å². The Hall–Kier alpha value is -3.80. The molecular weight excluding hydrogens is 382 g/mol. The molecule has 0 aliphatic rings. The van der Waals surface area contributed by atoms with Crippen molar-refractivity contribution >= 4 is 17.6 Å². The third kappa shape index (κ3) is 6.38. The maximum absolute atomic E-state index is 12.2. The number of nitrogens with one attached hydrogen (secondary N) is 1. The highest BCUT2D eigenvalue weighted by molar-refractivity contribution is 5.93. The van der Waals surface area contributed by atoms with Gasteiger partial charge in [-0.1, -0.05) is 43.3 Å². The second-order valence-electron chi connectivity index (χ2n) is 6.42. The van der Waals surface area contributed by atoms with Crippen LogP contribution in [0.3, 0.4) is 0 Å². The van der Waals surface area contributed by atoms with E-state index in [1.807, 2.05) is 55.5 Å². The summed E-state index contributed by atoms with van der Waals surface area (Å²) in [7, 11) is 0. The molecule has 1 amide bonds. The Balaban J connectivity index is 1.46. The monoisotopic (exact) mass is 405 g/mol. The van der Waals surface area contributed by atoms with E-state index in [9.17, 15) is 9.59 Å². The number of rotatable bonds is 9. The lowest BCUT2D eigenvalue weighted by Gasteiger charge is -2.16. The molecule has 0 saturated carbocycles. The molecular formula is C24H23NO5. The highest BCUT2D eigenvalue weighted by Gasteiger charge is 2.21. The van der Waals surface area contributed by atoms with Crippen LogP contribution < -0.4 is 14.8 Å². The summed E-state index contributed by atoms with van der Waals surface area (Å²) in [5, 5.41) is 2.68. The first-order valence-electron chi connectivity index (χ1n) is 9.65. The smallest absolute Gasteiger partial charge is 0.347 e. The van der Waals surface area contributed by atoms with Gasteiger partial charge in [-0.05, 0) is 55.0 Å². The third-order valence-electron chi connectivity index (χ3n) is 4.12. The quantitative estimate of drug-likeness (QED) is 0.517. The Kier molecular flexibility index (Phi) is 7.44. The number of hydrogen-bond donors (Lipinski definition) is 1.